The van der Waals surface area contributed by atoms with Crippen molar-refractivity contribution in [2.75, 3.05) is 13.2 Å². The van der Waals surface area contributed by atoms with Gasteiger partial charge in [0.05, 0.1) is 13.2 Å². The van der Waals surface area contributed by atoms with E-state index in [0.717, 1.165) is 51.7 Å². The lowest BCUT2D eigenvalue weighted by molar-refractivity contribution is -0.168. The third-order valence-corrected chi connectivity index (χ3v) is 6.53. The molecule has 0 radical (unpaired) electrons. The molecule has 6 heteroatoms. The summed E-state index contributed by atoms with van der Waals surface area (Å²) in [6, 6.07) is 1.23. The van der Waals surface area contributed by atoms with Crippen LogP contribution in [0.2, 0.25) is 0 Å². The monoisotopic (exact) mass is 411 g/mol. The summed E-state index contributed by atoms with van der Waals surface area (Å²) in [4.78, 5) is 21.1. The van der Waals surface area contributed by atoms with Gasteiger partial charge in [0.25, 0.3) is 0 Å². The van der Waals surface area contributed by atoms with Crippen LogP contribution in [0.5, 0.6) is 0 Å². The third-order valence-electron chi connectivity index (χ3n) is 6.53. The lowest BCUT2D eigenvalue weighted by Gasteiger charge is -2.54. The number of nitrogens with one attached hydrogen (secondary N) is 1. The van der Waals surface area contributed by atoms with Crippen LogP contribution in [0.1, 0.15) is 103 Å². The number of carboxylic acid groups (broad SMARTS) is 2. The minimum atomic E-state index is -0.688. The maximum Gasteiger partial charge on any atom is 0.303 e. The van der Waals surface area contributed by atoms with Crippen molar-refractivity contribution in [3.8, 4) is 0 Å². The summed E-state index contributed by atoms with van der Waals surface area (Å²) in [6.45, 7) is 1.89. The molecule has 0 unspecified atom stereocenters. The zero-order valence-corrected chi connectivity index (χ0v) is 18.0. The van der Waals surface area contributed by atoms with Crippen molar-refractivity contribution >= 4 is 11.9 Å². The first-order valence-electron chi connectivity index (χ1n) is 11.8. The molecule has 29 heavy (non-hydrogen) atoms. The van der Waals surface area contributed by atoms with Gasteiger partial charge in [0.15, 0.2) is 0 Å². The molecule has 168 valence electrons. The Kier molecular flexibility index (Phi) is 11.0. The number of hydrogen-bond acceptors (Lipinski definition) is 4. The van der Waals surface area contributed by atoms with E-state index < -0.39 is 11.9 Å². The van der Waals surface area contributed by atoms with Crippen LogP contribution in [-0.4, -0.2) is 47.4 Å². The van der Waals surface area contributed by atoms with Gasteiger partial charge in [-0.15, -0.1) is 0 Å². The van der Waals surface area contributed by atoms with Crippen LogP contribution >= 0.6 is 0 Å². The topological polar surface area (TPSA) is 95.9 Å². The fourth-order valence-corrected chi connectivity index (χ4v) is 4.77. The molecule has 1 aliphatic heterocycles. The molecule has 0 aromatic heterocycles. The molecule has 1 heterocycles. The van der Waals surface area contributed by atoms with Gasteiger partial charge < -0.3 is 20.3 Å². The molecule has 2 aliphatic rings. The maximum atomic E-state index is 10.6. The molecule has 0 amide bonds. The Labute approximate surface area is 175 Å². The van der Waals surface area contributed by atoms with Gasteiger partial charge in [-0.25, -0.2) is 0 Å². The van der Waals surface area contributed by atoms with E-state index in [2.05, 4.69) is 5.32 Å². The zero-order valence-electron chi connectivity index (χ0n) is 18.0. The Hall–Kier alpha value is -1.14. The van der Waals surface area contributed by atoms with Crippen molar-refractivity contribution in [3.05, 3.63) is 0 Å². The van der Waals surface area contributed by atoms with E-state index in [1.54, 1.807) is 0 Å². The fourth-order valence-electron chi connectivity index (χ4n) is 4.77. The number of carbonyl (C=O) groups is 2. The van der Waals surface area contributed by atoms with Crippen molar-refractivity contribution < 1.29 is 24.5 Å². The Morgan fingerprint density at radius 2 is 1.24 bits per heavy atom. The Morgan fingerprint density at radius 1 is 0.793 bits per heavy atom. The molecular weight excluding hydrogens is 370 g/mol. The maximum absolute atomic E-state index is 10.6. The SMILES string of the molecule is O=C(O)CCCCCCCC(CCCCCCCC(=O)O)NC1CC2(COC2)C1. The Balaban J connectivity index is 1.55. The van der Waals surface area contributed by atoms with E-state index in [1.807, 2.05) is 0 Å². The summed E-state index contributed by atoms with van der Waals surface area (Å²) in [5, 5.41) is 21.3. The molecule has 1 spiro atoms. The molecule has 0 atom stereocenters. The first-order chi connectivity index (χ1) is 14.0. The molecule has 3 N–H and O–H groups in total. The van der Waals surface area contributed by atoms with Crippen LogP contribution in [0.4, 0.5) is 0 Å². The van der Waals surface area contributed by atoms with Gasteiger partial charge in [0, 0.05) is 30.3 Å². The van der Waals surface area contributed by atoms with Gasteiger partial charge in [0.1, 0.15) is 0 Å². The molecule has 2 rings (SSSR count). The number of hydrogen-bond donors (Lipinski definition) is 3. The first-order valence-corrected chi connectivity index (χ1v) is 11.8. The van der Waals surface area contributed by atoms with Gasteiger partial charge in [0.2, 0.25) is 0 Å². The van der Waals surface area contributed by atoms with Crippen LogP contribution < -0.4 is 5.32 Å². The van der Waals surface area contributed by atoms with E-state index in [-0.39, 0.29) is 0 Å². The van der Waals surface area contributed by atoms with Crippen molar-refractivity contribution in [3.63, 3.8) is 0 Å². The number of aliphatic carboxylic acids is 2. The van der Waals surface area contributed by atoms with E-state index in [4.69, 9.17) is 14.9 Å². The predicted molar refractivity (Wildman–Crippen MR) is 113 cm³/mol. The van der Waals surface area contributed by atoms with E-state index >= 15 is 0 Å². The van der Waals surface area contributed by atoms with E-state index in [0.29, 0.717) is 30.3 Å². The summed E-state index contributed by atoms with van der Waals surface area (Å²) in [7, 11) is 0. The number of carboxylic acids is 2. The van der Waals surface area contributed by atoms with Gasteiger partial charge in [-0.2, -0.15) is 0 Å². The van der Waals surface area contributed by atoms with Crippen LogP contribution in [0.3, 0.4) is 0 Å². The number of rotatable bonds is 18. The van der Waals surface area contributed by atoms with Crippen LogP contribution in [0.15, 0.2) is 0 Å². The molecule has 1 aliphatic carbocycles. The second kappa shape index (κ2) is 13.2. The largest absolute Gasteiger partial charge is 0.481 e. The summed E-state index contributed by atoms with van der Waals surface area (Å²) in [6.07, 6.45) is 16.2. The van der Waals surface area contributed by atoms with Crippen LogP contribution in [0.25, 0.3) is 0 Å². The molecule has 2 fully saturated rings. The standard InChI is InChI=1S/C23H41NO5/c25-21(26)13-9-5-1-3-7-11-19(12-8-4-2-6-10-14-22(27)28)24-20-15-23(16-20)17-29-18-23/h19-20,24H,1-18H2,(H,25,26)(H,27,28). The summed E-state index contributed by atoms with van der Waals surface area (Å²) < 4.78 is 5.38. The molecule has 1 saturated heterocycles. The average molecular weight is 412 g/mol. The minimum absolute atomic E-state index is 0.295. The second-order valence-electron chi connectivity index (χ2n) is 9.36. The highest BCUT2D eigenvalue weighted by atomic mass is 16.5. The third kappa shape index (κ3) is 9.94. The highest BCUT2D eigenvalue weighted by molar-refractivity contribution is 5.66. The Morgan fingerprint density at radius 3 is 1.66 bits per heavy atom. The van der Waals surface area contributed by atoms with Gasteiger partial charge in [-0.3, -0.25) is 9.59 Å². The highest BCUT2D eigenvalue weighted by Crippen LogP contribution is 2.47. The fraction of sp³-hybridized carbons (Fsp3) is 0.913. The summed E-state index contributed by atoms with van der Waals surface area (Å²) in [5.74, 6) is -1.38. The number of unbranched alkanes of at least 4 members (excludes halogenated alkanes) is 8. The molecule has 0 aromatic rings. The quantitative estimate of drug-likeness (QED) is 0.282. The van der Waals surface area contributed by atoms with E-state index in [1.165, 1.54) is 51.4 Å². The van der Waals surface area contributed by atoms with Crippen molar-refractivity contribution in [2.24, 2.45) is 5.41 Å². The van der Waals surface area contributed by atoms with Crippen molar-refractivity contribution in [2.45, 2.75) is 115 Å². The molecule has 1 saturated carbocycles. The van der Waals surface area contributed by atoms with Crippen molar-refractivity contribution in [1.82, 2.24) is 5.32 Å². The van der Waals surface area contributed by atoms with Crippen molar-refractivity contribution in [1.29, 1.82) is 0 Å². The van der Waals surface area contributed by atoms with Crippen LogP contribution in [-0.2, 0) is 14.3 Å². The lowest BCUT2D eigenvalue weighted by atomic mass is 9.64. The molecule has 6 nitrogen and oxygen atoms in total. The Bertz CT molecular complexity index is 456. The summed E-state index contributed by atoms with van der Waals surface area (Å²) in [5.41, 5.74) is 0.497. The second-order valence-corrected chi connectivity index (χ2v) is 9.36. The minimum Gasteiger partial charge on any atom is -0.481 e. The van der Waals surface area contributed by atoms with Gasteiger partial charge >= 0.3 is 11.9 Å². The predicted octanol–water partition coefficient (Wildman–Crippen LogP) is 4.75. The molecule has 0 bridgehead atoms. The first kappa shape index (κ1) is 24.1. The number of ether oxygens (including phenoxy) is 1. The van der Waals surface area contributed by atoms with Gasteiger partial charge in [-0.05, 0) is 38.5 Å². The zero-order chi connectivity index (χ0) is 21.0. The van der Waals surface area contributed by atoms with Crippen LogP contribution in [0, 0.1) is 5.41 Å². The highest BCUT2D eigenvalue weighted by Gasteiger charge is 2.49. The smallest absolute Gasteiger partial charge is 0.303 e. The average Bonchev–Trinajstić information content (AvgIpc) is 2.59. The molecular formula is C23H41NO5. The van der Waals surface area contributed by atoms with Gasteiger partial charge in [-0.1, -0.05) is 51.4 Å². The summed E-state index contributed by atoms with van der Waals surface area (Å²) >= 11 is 0. The molecule has 0 aromatic carbocycles. The van der Waals surface area contributed by atoms with E-state index in [9.17, 15) is 9.59 Å². The normalized spacial score (nSPS) is 18.0. The lowest BCUT2D eigenvalue weighted by Crippen LogP contribution is -2.60.